The second-order valence-corrected chi connectivity index (χ2v) is 12.3. The second-order valence-electron chi connectivity index (χ2n) is 11.9. The Morgan fingerprint density at radius 1 is 0.915 bits per heavy atom. The van der Waals surface area contributed by atoms with E-state index in [4.69, 9.17) is 16.6 Å². The molecule has 10 heteroatoms. The zero-order chi connectivity index (χ0) is 33.5. The molecule has 3 aromatic carbocycles. The largest absolute Gasteiger partial charge is 0.329 e. The van der Waals surface area contributed by atoms with Crippen molar-refractivity contribution in [3.63, 3.8) is 0 Å². The number of benzene rings is 3. The van der Waals surface area contributed by atoms with Gasteiger partial charge in [-0.15, -0.1) is 0 Å². The number of hydrogen-bond donors (Lipinski definition) is 1. The molecule has 3 heterocycles. The fourth-order valence-electron chi connectivity index (χ4n) is 5.58. The highest BCUT2D eigenvalue weighted by Crippen LogP contribution is 2.28. The lowest BCUT2D eigenvalue weighted by Gasteiger charge is -2.24. The van der Waals surface area contributed by atoms with Gasteiger partial charge in [0.25, 0.3) is 11.8 Å². The number of aldehydes is 1. The van der Waals surface area contributed by atoms with Gasteiger partial charge in [0.1, 0.15) is 11.5 Å². The first-order valence-corrected chi connectivity index (χ1v) is 16.1. The monoisotopic (exact) mass is 650 g/mol. The maximum absolute atomic E-state index is 12.7. The summed E-state index contributed by atoms with van der Waals surface area (Å²) in [6.45, 7) is 7.95. The number of fused-ring (bicyclic) bond motifs is 1. The lowest BCUT2D eigenvalue weighted by molar-refractivity contribution is 0.0651. The van der Waals surface area contributed by atoms with Gasteiger partial charge in [-0.3, -0.25) is 24.0 Å². The van der Waals surface area contributed by atoms with E-state index in [1.807, 2.05) is 56.4 Å². The highest BCUT2D eigenvalue weighted by molar-refractivity contribution is 6.30. The number of carbonyl (C=O) groups excluding carboxylic acids is 3. The molecule has 0 aliphatic carbocycles. The number of nitrogens with one attached hydrogen (secondary N) is 1. The van der Waals surface area contributed by atoms with Gasteiger partial charge >= 0.3 is 0 Å². The van der Waals surface area contributed by atoms with Gasteiger partial charge in [0.2, 0.25) is 0 Å². The van der Waals surface area contributed by atoms with Crippen molar-refractivity contribution in [2.75, 3.05) is 13.1 Å². The SMILES string of the molecule is CC(C)C(NCCCN1C(=O)c2ccccc2C1=O)c1nc(-c2cccc(Cl)c2)cn1Cc1ccccc1.Cc1cc(C=O)nn1C. The van der Waals surface area contributed by atoms with Gasteiger partial charge < -0.3 is 9.88 Å². The Kier molecular flexibility index (Phi) is 10.8. The third kappa shape index (κ3) is 7.93. The summed E-state index contributed by atoms with van der Waals surface area (Å²) in [6, 6.07) is 26.8. The maximum Gasteiger partial charge on any atom is 0.261 e. The van der Waals surface area contributed by atoms with E-state index in [0.717, 1.165) is 29.1 Å². The van der Waals surface area contributed by atoms with Crippen LogP contribution in [0.2, 0.25) is 5.02 Å². The number of nitrogens with zero attached hydrogens (tertiary/aromatic N) is 5. The van der Waals surface area contributed by atoms with Gasteiger partial charge in [0.15, 0.2) is 6.29 Å². The molecule has 6 rings (SSSR count). The molecule has 1 unspecified atom stereocenters. The molecular formula is C37H39ClN6O3. The van der Waals surface area contributed by atoms with Crippen LogP contribution in [-0.2, 0) is 13.6 Å². The van der Waals surface area contributed by atoms with Crippen molar-refractivity contribution in [3.8, 4) is 11.3 Å². The van der Waals surface area contributed by atoms with Crippen molar-refractivity contribution in [1.29, 1.82) is 0 Å². The average molecular weight is 651 g/mol. The molecule has 0 saturated carbocycles. The van der Waals surface area contributed by atoms with Gasteiger partial charge in [-0.05, 0) is 61.7 Å². The molecule has 9 nitrogen and oxygen atoms in total. The van der Waals surface area contributed by atoms with Crippen molar-refractivity contribution >= 4 is 29.7 Å². The molecule has 1 N–H and O–H groups in total. The van der Waals surface area contributed by atoms with Crippen molar-refractivity contribution in [3.05, 3.63) is 130 Å². The minimum Gasteiger partial charge on any atom is -0.329 e. The molecule has 1 aliphatic heterocycles. The summed E-state index contributed by atoms with van der Waals surface area (Å²) < 4.78 is 3.87. The summed E-state index contributed by atoms with van der Waals surface area (Å²) >= 11 is 6.27. The molecule has 5 aromatic rings. The third-order valence-electron chi connectivity index (χ3n) is 8.12. The Morgan fingerprint density at radius 3 is 2.17 bits per heavy atom. The lowest BCUT2D eigenvalue weighted by Crippen LogP contribution is -2.34. The molecule has 47 heavy (non-hydrogen) atoms. The van der Waals surface area contributed by atoms with Crippen LogP contribution in [0.15, 0.2) is 91.1 Å². The van der Waals surface area contributed by atoms with Gasteiger partial charge in [0.05, 0.1) is 22.9 Å². The molecule has 0 saturated heterocycles. The molecule has 2 aromatic heterocycles. The number of amides is 2. The molecular weight excluding hydrogens is 612 g/mol. The van der Waals surface area contributed by atoms with Gasteiger partial charge in [-0.25, -0.2) is 4.98 Å². The van der Waals surface area contributed by atoms with Crippen molar-refractivity contribution in [2.24, 2.45) is 13.0 Å². The normalized spacial score (nSPS) is 13.0. The Balaban J connectivity index is 0.000000417. The van der Waals surface area contributed by atoms with E-state index >= 15 is 0 Å². The fourth-order valence-corrected chi connectivity index (χ4v) is 5.77. The van der Waals surface area contributed by atoms with E-state index in [9.17, 15) is 14.4 Å². The average Bonchev–Trinajstić information content (AvgIpc) is 3.71. The Morgan fingerprint density at radius 2 is 1.60 bits per heavy atom. The first-order chi connectivity index (χ1) is 22.7. The number of aryl methyl sites for hydroxylation is 2. The lowest BCUT2D eigenvalue weighted by atomic mass is 10.0. The molecule has 0 spiro atoms. The topological polar surface area (TPSA) is 102 Å². The molecule has 0 radical (unpaired) electrons. The maximum atomic E-state index is 12.7. The highest BCUT2D eigenvalue weighted by atomic mass is 35.5. The van der Waals surface area contributed by atoms with Crippen LogP contribution in [0.4, 0.5) is 0 Å². The van der Waals surface area contributed by atoms with Gasteiger partial charge in [-0.1, -0.05) is 80.0 Å². The Bertz CT molecular complexity index is 1810. The minimum absolute atomic E-state index is 0.0196. The van der Waals surface area contributed by atoms with Crippen molar-refractivity contribution in [1.82, 2.24) is 29.5 Å². The molecule has 242 valence electrons. The Labute approximate surface area is 280 Å². The van der Waals surface area contributed by atoms with Crippen LogP contribution in [0.3, 0.4) is 0 Å². The number of rotatable bonds is 11. The number of imide groups is 1. The van der Waals surface area contributed by atoms with Crippen molar-refractivity contribution < 1.29 is 14.4 Å². The van der Waals surface area contributed by atoms with Crippen molar-refractivity contribution in [2.45, 2.75) is 39.8 Å². The third-order valence-corrected chi connectivity index (χ3v) is 8.36. The van der Waals surface area contributed by atoms with E-state index in [0.29, 0.717) is 47.9 Å². The molecule has 0 fully saturated rings. The van der Waals surface area contributed by atoms with E-state index in [-0.39, 0.29) is 23.8 Å². The number of hydrogen-bond acceptors (Lipinski definition) is 6. The van der Waals surface area contributed by atoms with Crippen LogP contribution >= 0.6 is 11.6 Å². The van der Waals surface area contributed by atoms with E-state index in [1.165, 1.54) is 10.5 Å². The zero-order valence-corrected chi connectivity index (χ0v) is 27.8. The zero-order valence-electron chi connectivity index (χ0n) is 27.1. The number of halogens is 1. The Hall–Kier alpha value is -4.86. The molecule has 2 amide bonds. The standard InChI is InChI=1S/C31H31ClN4O2.C6H8N2O/c1-21(2)28(33-16-9-17-36-30(37)25-14-6-7-15-26(25)31(36)38)29-34-27(23-12-8-13-24(32)18-23)20-35(29)19-22-10-4-3-5-11-22;1-5-3-6(4-9)7-8(5)2/h3-8,10-15,18,20-21,28,33H,9,16-17,19H2,1-2H3;3-4H,1-2H3. The van der Waals surface area contributed by atoms with Crippen LogP contribution in [0, 0.1) is 12.8 Å². The summed E-state index contributed by atoms with van der Waals surface area (Å²) in [4.78, 5) is 41.9. The smallest absolute Gasteiger partial charge is 0.261 e. The summed E-state index contributed by atoms with van der Waals surface area (Å²) in [5.41, 5.74) is 5.50. The fraction of sp³-hybridized carbons (Fsp3) is 0.270. The summed E-state index contributed by atoms with van der Waals surface area (Å²) in [6.07, 6.45) is 3.48. The number of carbonyl (C=O) groups is 3. The second kappa shape index (κ2) is 15.2. The predicted octanol–water partition coefficient (Wildman–Crippen LogP) is 6.77. The van der Waals surface area contributed by atoms with Crippen LogP contribution < -0.4 is 5.32 Å². The number of aromatic nitrogens is 4. The minimum atomic E-state index is -0.212. The predicted molar refractivity (Wildman–Crippen MR) is 184 cm³/mol. The van der Waals surface area contributed by atoms with E-state index in [1.54, 1.807) is 35.0 Å². The quantitative estimate of drug-likeness (QED) is 0.0962. The van der Waals surface area contributed by atoms with Crippen LogP contribution in [0.1, 0.15) is 74.6 Å². The first-order valence-electron chi connectivity index (χ1n) is 15.7. The summed E-state index contributed by atoms with van der Waals surface area (Å²) in [7, 11) is 1.81. The highest BCUT2D eigenvalue weighted by Gasteiger charge is 2.34. The van der Waals surface area contributed by atoms with E-state index < -0.39 is 0 Å². The summed E-state index contributed by atoms with van der Waals surface area (Å²) in [5.74, 6) is 0.782. The van der Waals surface area contributed by atoms with E-state index in [2.05, 4.69) is 47.2 Å². The van der Waals surface area contributed by atoms with Crippen LogP contribution in [-0.4, -0.2) is 55.4 Å². The van der Waals surface area contributed by atoms with Crippen LogP contribution in [0.5, 0.6) is 0 Å². The van der Waals surface area contributed by atoms with Crippen LogP contribution in [0.25, 0.3) is 11.3 Å². The molecule has 1 aliphatic rings. The van der Waals surface area contributed by atoms with Gasteiger partial charge in [-0.2, -0.15) is 5.10 Å². The van der Waals surface area contributed by atoms with Gasteiger partial charge in [0, 0.05) is 42.6 Å². The number of imidazole rings is 1. The first kappa shape index (κ1) is 33.5. The molecule has 0 bridgehead atoms. The summed E-state index contributed by atoms with van der Waals surface area (Å²) in [5, 5.41) is 8.21. The molecule has 1 atom stereocenters.